The van der Waals surface area contributed by atoms with Crippen molar-refractivity contribution in [1.29, 1.82) is 0 Å². The largest absolute Gasteiger partial charge is 0.496 e. The van der Waals surface area contributed by atoms with Crippen molar-refractivity contribution in [2.24, 2.45) is 4.99 Å². The molecule has 0 bridgehead atoms. The average Bonchev–Trinajstić information content (AvgIpc) is 3.60. The monoisotopic (exact) mass is 602 g/mol. The molecule has 0 N–H and O–H groups in total. The topological polar surface area (TPSA) is 129 Å². The van der Waals surface area contributed by atoms with Crippen molar-refractivity contribution in [3.05, 3.63) is 107 Å². The van der Waals surface area contributed by atoms with Crippen LogP contribution < -0.4 is 24.4 Å². The normalized spacial score (nSPS) is 14.7. The van der Waals surface area contributed by atoms with Gasteiger partial charge in [0.05, 0.1) is 46.6 Å². The van der Waals surface area contributed by atoms with E-state index in [2.05, 4.69) is 0 Å². The molecule has 12 heteroatoms. The second kappa shape index (κ2) is 12.1. The number of furan rings is 1. The zero-order chi connectivity index (χ0) is 30.8. The number of nitrogens with zero attached hydrogens (tertiary/aromatic N) is 4. The first-order valence-corrected chi connectivity index (χ1v) is 14.4. The van der Waals surface area contributed by atoms with Gasteiger partial charge < -0.3 is 18.8 Å². The first-order valence-electron chi connectivity index (χ1n) is 13.6. The highest BCUT2D eigenvalue weighted by Gasteiger charge is 2.35. The number of thiazole rings is 1. The molecule has 5 rings (SSSR count). The molecule has 1 aliphatic rings. The van der Waals surface area contributed by atoms with Crippen LogP contribution >= 0.6 is 11.3 Å². The standard InChI is InChI=1S/C31H30N4O7S/c1-6-33(7-2)30(37)27-18(3)32-31-34(28(27)22-10-8-9-11-23(22)40-4)29(36)26(43-31)17-20-13-15-24(42-20)21-14-12-19(35(38)39)16-25(21)41-5/h8-17,28H,6-7H2,1-5H3/b26-17+/t28-/m1/s1. The Morgan fingerprint density at radius 3 is 2.51 bits per heavy atom. The Bertz CT molecular complexity index is 1930. The number of fused-ring (bicyclic) bond motifs is 1. The van der Waals surface area contributed by atoms with Crippen molar-refractivity contribution >= 4 is 29.0 Å². The fourth-order valence-corrected chi connectivity index (χ4v) is 6.19. The van der Waals surface area contributed by atoms with Gasteiger partial charge in [0.15, 0.2) is 4.80 Å². The Morgan fingerprint density at radius 2 is 1.84 bits per heavy atom. The third-order valence-corrected chi connectivity index (χ3v) is 8.28. The lowest BCUT2D eigenvalue weighted by Crippen LogP contribution is -2.43. The van der Waals surface area contributed by atoms with Gasteiger partial charge in [-0.1, -0.05) is 29.5 Å². The number of aromatic nitrogens is 1. The predicted molar refractivity (Wildman–Crippen MR) is 162 cm³/mol. The molecule has 11 nitrogen and oxygen atoms in total. The molecule has 2 aromatic heterocycles. The summed E-state index contributed by atoms with van der Waals surface area (Å²) in [5.41, 5.74) is 1.72. The van der Waals surface area contributed by atoms with E-state index in [9.17, 15) is 19.7 Å². The van der Waals surface area contributed by atoms with Gasteiger partial charge in [-0.15, -0.1) is 0 Å². The predicted octanol–water partition coefficient (Wildman–Crippen LogP) is 4.29. The number of rotatable bonds is 9. The van der Waals surface area contributed by atoms with Crippen molar-refractivity contribution in [3.63, 3.8) is 0 Å². The maximum absolute atomic E-state index is 14.0. The second-order valence-corrected chi connectivity index (χ2v) is 10.7. The number of nitro benzene ring substituents is 1. The summed E-state index contributed by atoms with van der Waals surface area (Å²) in [5, 5.41) is 11.2. The summed E-state index contributed by atoms with van der Waals surface area (Å²) in [6, 6.07) is 14.2. The molecule has 0 saturated carbocycles. The van der Waals surface area contributed by atoms with Gasteiger partial charge in [0.25, 0.3) is 17.2 Å². The van der Waals surface area contributed by atoms with Crippen molar-refractivity contribution in [2.45, 2.75) is 26.8 Å². The number of carbonyl (C=O) groups excluding carboxylic acids is 1. The lowest BCUT2D eigenvalue weighted by atomic mass is 9.94. The van der Waals surface area contributed by atoms with Crippen LogP contribution in [0.2, 0.25) is 0 Å². The molecule has 1 atom stereocenters. The number of allylic oxidation sites excluding steroid dienone is 1. The number of carbonyl (C=O) groups is 1. The summed E-state index contributed by atoms with van der Waals surface area (Å²) >= 11 is 1.19. The van der Waals surface area contributed by atoms with Crippen molar-refractivity contribution < 1.29 is 23.6 Å². The average molecular weight is 603 g/mol. The number of methoxy groups -OCH3 is 2. The summed E-state index contributed by atoms with van der Waals surface area (Å²) in [6.45, 7) is 6.63. The van der Waals surface area contributed by atoms with Crippen LogP contribution in [-0.2, 0) is 4.79 Å². The number of nitro groups is 1. The molecule has 0 unspecified atom stereocenters. The highest BCUT2D eigenvalue weighted by Crippen LogP contribution is 2.36. The first-order chi connectivity index (χ1) is 20.7. The second-order valence-electron chi connectivity index (χ2n) is 9.64. The number of benzene rings is 2. The van der Waals surface area contributed by atoms with Gasteiger partial charge in [-0.25, -0.2) is 4.99 Å². The minimum atomic E-state index is -0.751. The van der Waals surface area contributed by atoms with E-state index in [0.29, 0.717) is 62.1 Å². The molecule has 2 aromatic carbocycles. The number of likely N-dealkylation sites (N-methyl/N-ethyl adjacent to an activating group) is 1. The van der Waals surface area contributed by atoms with E-state index in [1.165, 1.54) is 30.6 Å². The van der Waals surface area contributed by atoms with Crippen LogP contribution in [0.3, 0.4) is 0 Å². The van der Waals surface area contributed by atoms with E-state index in [0.717, 1.165) is 0 Å². The molecule has 0 saturated heterocycles. The lowest BCUT2D eigenvalue weighted by molar-refractivity contribution is -0.384. The van der Waals surface area contributed by atoms with Gasteiger partial charge in [0.1, 0.15) is 29.1 Å². The number of para-hydroxylation sites is 1. The summed E-state index contributed by atoms with van der Waals surface area (Å²) < 4.78 is 18.9. The highest BCUT2D eigenvalue weighted by molar-refractivity contribution is 7.07. The van der Waals surface area contributed by atoms with E-state index in [1.54, 1.807) is 53.8 Å². The van der Waals surface area contributed by atoms with Gasteiger partial charge >= 0.3 is 0 Å². The van der Waals surface area contributed by atoms with E-state index in [-0.39, 0.29) is 22.9 Å². The summed E-state index contributed by atoms with van der Waals surface area (Å²) in [4.78, 5) is 45.4. The third-order valence-electron chi connectivity index (χ3n) is 7.30. The maximum atomic E-state index is 14.0. The number of ether oxygens (including phenoxy) is 2. The third kappa shape index (κ3) is 5.37. The van der Waals surface area contributed by atoms with Crippen LogP contribution in [0, 0.1) is 10.1 Å². The van der Waals surface area contributed by atoms with Crippen LogP contribution in [0.25, 0.3) is 17.4 Å². The zero-order valence-corrected chi connectivity index (χ0v) is 25.1. The van der Waals surface area contributed by atoms with Crippen LogP contribution in [0.4, 0.5) is 5.69 Å². The minimum Gasteiger partial charge on any atom is -0.496 e. The highest BCUT2D eigenvalue weighted by atomic mass is 32.1. The molecular formula is C31H30N4O7S. The van der Waals surface area contributed by atoms with Crippen molar-refractivity contribution in [1.82, 2.24) is 9.47 Å². The quantitative estimate of drug-likeness (QED) is 0.206. The van der Waals surface area contributed by atoms with Crippen LogP contribution in [0.5, 0.6) is 11.5 Å². The molecule has 222 valence electrons. The fraction of sp³-hybridized carbons (Fsp3) is 0.258. The SMILES string of the molecule is CCN(CC)C(=O)C1=C(C)N=c2s/c(=C/c3ccc(-c4ccc([N+](=O)[O-])cc4OC)o3)c(=O)n2[C@@H]1c1ccccc1OC. The Labute approximate surface area is 250 Å². The Morgan fingerprint density at radius 1 is 1.12 bits per heavy atom. The molecule has 3 heterocycles. The summed E-state index contributed by atoms with van der Waals surface area (Å²) in [5.74, 6) is 1.45. The molecule has 43 heavy (non-hydrogen) atoms. The van der Waals surface area contributed by atoms with Crippen molar-refractivity contribution in [2.75, 3.05) is 27.3 Å². The Balaban J connectivity index is 1.65. The summed E-state index contributed by atoms with van der Waals surface area (Å²) in [6.07, 6.45) is 1.62. The Kier molecular flexibility index (Phi) is 8.31. The number of amides is 1. The maximum Gasteiger partial charge on any atom is 0.273 e. The van der Waals surface area contributed by atoms with Gasteiger partial charge in [-0.3, -0.25) is 24.3 Å². The van der Waals surface area contributed by atoms with Crippen LogP contribution in [0.1, 0.15) is 38.1 Å². The minimum absolute atomic E-state index is 0.104. The smallest absolute Gasteiger partial charge is 0.273 e. The molecule has 0 fully saturated rings. The number of hydrogen-bond donors (Lipinski definition) is 0. The van der Waals surface area contributed by atoms with Crippen LogP contribution in [0.15, 0.2) is 80.1 Å². The van der Waals surface area contributed by atoms with Gasteiger partial charge in [-0.05, 0) is 45.0 Å². The van der Waals surface area contributed by atoms with Crippen LogP contribution in [-0.4, -0.2) is 47.6 Å². The summed E-state index contributed by atoms with van der Waals surface area (Å²) in [7, 11) is 2.98. The van der Waals surface area contributed by atoms with Gasteiger partial charge in [-0.2, -0.15) is 0 Å². The van der Waals surface area contributed by atoms with E-state index in [4.69, 9.17) is 18.9 Å². The van der Waals surface area contributed by atoms with Crippen molar-refractivity contribution in [3.8, 4) is 22.8 Å². The van der Waals surface area contributed by atoms with Gasteiger partial charge in [0.2, 0.25) is 0 Å². The van der Waals surface area contributed by atoms with E-state index in [1.807, 2.05) is 32.0 Å². The zero-order valence-electron chi connectivity index (χ0n) is 24.3. The fourth-order valence-electron chi connectivity index (χ4n) is 5.16. The molecular weight excluding hydrogens is 572 g/mol. The Hall–Kier alpha value is -4.97. The molecule has 0 spiro atoms. The number of hydrogen-bond acceptors (Lipinski definition) is 9. The van der Waals surface area contributed by atoms with Gasteiger partial charge in [0, 0.05) is 30.8 Å². The molecule has 0 radical (unpaired) electrons. The molecule has 1 amide bonds. The molecule has 1 aliphatic heterocycles. The first kappa shape index (κ1) is 29.5. The lowest BCUT2D eigenvalue weighted by Gasteiger charge is -2.29. The number of non-ortho nitro benzene ring substituents is 1. The molecule has 4 aromatic rings. The molecule has 0 aliphatic carbocycles. The van der Waals surface area contributed by atoms with E-state index >= 15 is 0 Å². The van der Waals surface area contributed by atoms with E-state index < -0.39 is 11.0 Å².